The van der Waals surface area contributed by atoms with Crippen LogP contribution in [0.2, 0.25) is 0 Å². The molecule has 1 amide bonds. The van der Waals surface area contributed by atoms with E-state index in [1.807, 2.05) is 0 Å². The molecular formula is C19H21N9O. The Morgan fingerprint density at radius 2 is 2.10 bits per heavy atom. The minimum absolute atomic E-state index is 0.0483. The van der Waals surface area contributed by atoms with E-state index in [0.717, 1.165) is 5.82 Å². The summed E-state index contributed by atoms with van der Waals surface area (Å²) >= 11 is 0. The van der Waals surface area contributed by atoms with Gasteiger partial charge in [0.05, 0.1) is 12.4 Å². The van der Waals surface area contributed by atoms with Crippen molar-refractivity contribution in [2.24, 2.45) is 0 Å². The van der Waals surface area contributed by atoms with Crippen molar-refractivity contribution in [3.63, 3.8) is 0 Å². The predicted octanol–water partition coefficient (Wildman–Crippen LogP) is 1.89. The number of aromatic nitrogens is 7. The third-order valence-corrected chi connectivity index (χ3v) is 5.42. The van der Waals surface area contributed by atoms with Crippen LogP contribution in [0.1, 0.15) is 25.7 Å². The molecule has 1 saturated carbocycles. The summed E-state index contributed by atoms with van der Waals surface area (Å²) in [5, 5.41) is 11.2. The van der Waals surface area contributed by atoms with E-state index in [-0.39, 0.29) is 12.5 Å². The van der Waals surface area contributed by atoms with Gasteiger partial charge < -0.3 is 10.2 Å². The van der Waals surface area contributed by atoms with E-state index in [9.17, 15) is 4.79 Å². The number of nitrogens with one attached hydrogen (secondary N) is 1. The fourth-order valence-electron chi connectivity index (χ4n) is 3.83. The van der Waals surface area contributed by atoms with Crippen LogP contribution in [-0.4, -0.2) is 53.3 Å². The number of nitrogens with zero attached hydrogens (tertiary/aromatic N) is 8. The van der Waals surface area contributed by atoms with Crippen LogP contribution in [0.4, 0.5) is 11.5 Å². The van der Waals surface area contributed by atoms with Gasteiger partial charge in [0.1, 0.15) is 24.2 Å². The first-order chi connectivity index (χ1) is 14.2. The molecule has 1 aliphatic carbocycles. The van der Waals surface area contributed by atoms with Crippen molar-refractivity contribution in [1.29, 1.82) is 0 Å². The Balaban J connectivity index is 1.35. The standard InChI is InChI=1S/C19H21N9O/c1-26(14-4-2-3-5-14)17-10-20-15-9-22-28(19(15)25-17)11-18(29)24-13-6-7-27-16(8-13)21-12-23-27/h6-10,12,14H,2-5,11H2,1H3,(H,24,29). The van der Waals surface area contributed by atoms with Crippen LogP contribution < -0.4 is 10.2 Å². The molecule has 0 saturated heterocycles. The number of carbonyl (C=O) groups excluding carboxylic acids is 1. The number of carbonyl (C=O) groups is 1. The van der Waals surface area contributed by atoms with Gasteiger partial charge in [-0.05, 0) is 18.9 Å². The quantitative estimate of drug-likeness (QED) is 0.554. The van der Waals surface area contributed by atoms with Gasteiger partial charge >= 0.3 is 0 Å². The number of rotatable bonds is 5. The Labute approximate surface area is 166 Å². The van der Waals surface area contributed by atoms with Gasteiger partial charge in [-0.1, -0.05) is 12.8 Å². The van der Waals surface area contributed by atoms with Gasteiger partial charge in [0.2, 0.25) is 5.91 Å². The third-order valence-electron chi connectivity index (χ3n) is 5.42. The van der Waals surface area contributed by atoms with Gasteiger partial charge in [-0.25, -0.2) is 24.1 Å². The van der Waals surface area contributed by atoms with Gasteiger partial charge in [0, 0.05) is 31.0 Å². The molecule has 4 aromatic heterocycles. The van der Waals surface area contributed by atoms with Gasteiger partial charge in [-0.3, -0.25) is 4.79 Å². The fourth-order valence-corrected chi connectivity index (χ4v) is 3.83. The van der Waals surface area contributed by atoms with Crippen molar-refractivity contribution < 1.29 is 4.79 Å². The van der Waals surface area contributed by atoms with Crippen LogP contribution >= 0.6 is 0 Å². The molecule has 10 heteroatoms. The number of pyridine rings is 1. The Hall–Kier alpha value is -3.56. The van der Waals surface area contributed by atoms with E-state index < -0.39 is 0 Å². The molecule has 0 aliphatic heterocycles. The molecule has 0 atom stereocenters. The lowest BCUT2D eigenvalue weighted by Gasteiger charge is -2.24. The van der Waals surface area contributed by atoms with Crippen LogP contribution in [-0.2, 0) is 11.3 Å². The summed E-state index contributed by atoms with van der Waals surface area (Å²) in [6.45, 7) is 0.0483. The summed E-state index contributed by atoms with van der Waals surface area (Å²) < 4.78 is 3.22. The van der Waals surface area contributed by atoms with Gasteiger partial charge in [0.15, 0.2) is 11.3 Å². The van der Waals surface area contributed by atoms with E-state index in [4.69, 9.17) is 4.98 Å². The second kappa shape index (κ2) is 7.12. The Morgan fingerprint density at radius 3 is 2.97 bits per heavy atom. The number of anilines is 2. The van der Waals surface area contributed by atoms with Crippen LogP contribution in [0.3, 0.4) is 0 Å². The average molecular weight is 391 g/mol. The predicted molar refractivity (Wildman–Crippen MR) is 108 cm³/mol. The highest BCUT2D eigenvalue weighted by atomic mass is 16.2. The highest BCUT2D eigenvalue weighted by Crippen LogP contribution is 2.26. The van der Waals surface area contributed by atoms with Crippen molar-refractivity contribution >= 4 is 34.2 Å². The molecular weight excluding hydrogens is 370 g/mol. The van der Waals surface area contributed by atoms with Crippen LogP contribution in [0.25, 0.3) is 16.8 Å². The Morgan fingerprint density at radius 1 is 1.24 bits per heavy atom. The molecule has 0 radical (unpaired) electrons. The zero-order valence-corrected chi connectivity index (χ0v) is 16.1. The normalized spacial score (nSPS) is 14.7. The van der Waals surface area contributed by atoms with Crippen LogP contribution in [0.15, 0.2) is 37.1 Å². The molecule has 1 N–H and O–H groups in total. The average Bonchev–Trinajstić information content (AvgIpc) is 3.48. The molecule has 10 nitrogen and oxygen atoms in total. The minimum atomic E-state index is -0.199. The summed E-state index contributed by atoms with van der Waals surface area (Å²) in [5.74, 6) is 0.610. The second-order valence-corrected chi connectivity index (χ2v) is 7.31. The molecule has 1 fully saturated rings. The maximum atomic E-state index is 12.6. The SMILES string of the molecule is CN(c1cnc2cnn(CC(=O)Nc3ccn4ncnc4c3)c2n1)C1CCCC1. The van der Waals surface area contributed by atoms with E-state index in [1.165, 1.54) is 32.0 Å². The maximum absolute atomic E-state index is 12.6. The lowest BCUT2D eigenvalue weighted by Crippen LogP contribution is -2.29. The van der Waals surface area contributed by atoms with Crippen molar-refractivity contribution in [3.05, 3.63) is 37.1 Å². The lowest BCUT2D eigenvalue weighted by atomic mass is 10.2. The van der Waals surface area contributed by atoms with Gasteiger partial charge in [-0.15, -0.1) is 0 Å². The Bertz CT molecular complexity index is 1170. The van der Waals surface area contributed by atoms with Crippen molar-refractivity contribution in [2.75, 3.05) is 17.3 Å². The topological polar surface area (TPSA) is 106 Å². The summed E-state index contributed by atoms with van der Waals surface area (Å²) in [6, 6.07) is 4.03. The summed E-state index contributed by atoms with van der Waals surface area (Å²) in [7, 11) is 2.06. The van der Waals surface area contributed by atoms with Crippen LogP contribution in [0.5, 0.6) is 0 Å². The van der Waals surface area contributed by atoms with E-state index >= 15 is 0 Å². The smallest absolute Gasteiger partial charge is 0.246 e. The molecule has 29 heavy (non-hydrogen) atoms. The highest BCUT2D eigenvalue weighted by molar-refractivity contribution is 5.91. The molecule has 1 aliphatic rings. The van der Waals surface area contributed by atoms with Crippen molar-refractivity contribution in [3.8, 4) is 0 Å². The molecule has 148 valence electrons. The van der Waals surface area contributed by atoms with Crippen molar-refractivity contribution in [2.45, 2.75) is 38.3 Å². The highest BCUT2D eigenvalue weighted by Gasteiger charge is 2.21. The first-order valence-electron chi connectivity index (χ1n) is 9.68. The number of fused-ring (bicyclic) bond motifs is 2. The molecule has 0 spiro atoms. The lowest BCUT2D eigenvalue weighted by molar-refractivity contribution is -0.116. The monoisotopic (exact) mass is 391 g/mol. The Kier molecular flexibility index (Phi) is 4.30. The summed E-state index contributed by atoms with van der Waals surface area (Å²) in [4.78, 5) is 28.1. The van der Waals surface area contributed by atoms with Gasteiger partial charge in [-0.2, -0.15) is 10.2 Å². The molecule has 0 aromatic carbocycles. The molecule has 0 bridgehead atoms. The molecule has 4 aromatic rings. The zero-order valence-electron chi connectivity index (χ0n) is 16.1. The first-order valence-corrected chi connectivity index (χ1v) is 9.68. The minimum Gasteiger partial charge on any atom is -0.355 e. The van der Waals surface area contributed by atoms with E-state index in [1.54, 1.807) is 39.9 Å². The molecule has 5 rings (SSSR count). The summed E-state index contributed by atoms with van der Waals surface area (Å²) in [6.07, 6.45) is 11.5. The van der Waals surface area contributed by atoms with E-state index in [0.29, 0.717) is 28.5 Å². The molecule has 0 unspecified atom stereocenters. The van der Waals surface area contributed by atoms with Gasteiger partial charge in [0.25, 0.3) is 0 Å². The molecule has 4 heterocycles. The van der Waals surface area contributed by atoms with Crippen LogP contribution in [0, 0.1) is 0 Å². The summed E-state index contributed by atoms with van der Waals surface area (Å²) in [5.41, 5.74) is 2.60. The largest absolute Gasteiger partial charge is 0.355 e. The number of hydrogen-bond acceptors (Lipinski definition) is 7. The second-order valence-electron chi connectivity index (χ2n) is 7.31. The fraction of sp³-hybridized carbons (Fsp3) is 0.368. The first kappa shape index (κ1) is 17.5. The van der Waals surface area contributed by atoms with E-state index in [2.05, 4.69) is 37.4 Å². The maximum Gasteiger partial charge on any atom is 0.246 e. The number of hydrogen-bond donors (Lipinski definition) is 1. The van der Waals surface area contributed by atoms with Crippen molar-refractivity contribution in [1.82, 2.24) is 34.3 Å². The number of amides is 1. The third kappa shape index (κ3) is 3.37. The zero-order chi connectivity index (χ0) is 19.8.